The third-order valence-corrected chi connectivity index (χ3v) is 3.22. The molecule has 0 fully saturated rings. The summed E-state index contributed by atoms with van der Waals surface area (Å²) in [5.41, 5.74) is 2.17. The number of rotatable bonds is 4. The first-order chi connectivity index (χ1) is 7.72. The highest BCUT2D eigenvalue weighted by molar-refractivity contribution is 9.10. The topological polar surface area (TPSA) is 29.9 Å². The van der Waals surface area contributed by atoms with Gasteiger partial charge in [0.2, 0.25) is 0 Å². The summed E-state index contributed by atoms with van der Waals surface area (Å²) in [5, 5.41) is 0. The molecule has 0 amide bonds. The van der Waals surface area contributed by atoms with Crippen molar-refractivity contribution in [1.29, 1.82) is 0 Å². The summed E-state index contributed by atoms with van der Waals surface area (Å²) in [5.74, 6) is 0. The minimum Gasteiger partial charge on any atom is -0.380 e. The zero-order valence-electron chi connectivity index (χ0n) is 9.00. The van der Waals surface area contributed by atoms with Crippen LogP contribution in [-0.4, -0.2) is 22.8 Å². The van der Waals surface area contributed by atoms with Gasteiger partial charge in [-0.25, -0.2) is 0 Å². The van der Waals surface area contributed by atoms with E-state index in [4.69, 9.17) is 17.0 Å². The van der Waals surface area contributed by atoms with E-state index in [1.165, 1.54) is 0 Å². The molecule has 0 spiro atoms. The van der Waals surface area contributed by atoms with Crippen LogP contribution >= 0.6 is 28.1 Å². The molecular weight excluding hydrogens is 288 g/mol. The molecule has 0 aliphatic rings. The number of aromatic amines is 1. The zero-order valence-corrected chi connectivity index (χ0v) is 11.4. The first-order valence-electron chi connectivity index (χ1n) is 5.18. The van der Waals surface area contributed by atoms with Gasteiger partial charge >= 0.3 is 0 Å². The lowest BCUT2D eigenvalue weighted by atomic mass is 10.3. The number of halogens is 1. The molecule has 0 aliphatic carbocycles. The van der Waals surface area contributed by atoms with Gasteiger partial charge in [-0.05, 0) is 37.3 Å². The second-order valence-corrected chi connectivity index (χ2v) is 4.74. The van der Waals surface area contributed by atoms with E-state index in [9.17, 15) is 0 Å². The summed E-state index contributed by atoms with van der Waals surface area (Å²) >= 11 is 8.75. The van der Waals surface area contributed by atoms with Crippen LogP contribution in [0.2, 0.25) is 0 Å². The van der Waals surface area contributed by atoms with Crippen molar-refractivity contribution >= 4 is 39.2 Å². The molecule has 0 aliphatic heterocycles. The van der Waals surface area contributed by atoms with Gasteiger partial charge in [0.05, 0.1) is 17.6 Å². The minimum absolute atomic E-state index is 0.685. The Morgan fingerprint density at radius 2 is 2.31 bits per heavy atom. The Labute approximate surface area is 108 Å². The van der Waals surface area contributed by atoms with Gasteiger partial charge in [0, 0.05) is 17.6 Å². The van der Waals surface area contributed by atoms with Crippen molar-refractivity contribution in [1.82, 2.24) is 9.55 Å². The smallest absolute Gasteiger partial charge is 0.178 e. The Bertz CT molecular complexity index is 546. The molecule has 1 heterocycles. The van der Waals surface area contributed by atoms with Gasteiger partial charge in [0.15, 0.2) is 4.77 Å². The van der Waals surface area contributed by atoms with Crippen LogP contribution in [0.1, 0.15) is 6.92 Å². The number of hydrogen-bond acceptors (Lipinski definition) is 2. The molecule has 0 radical (unpaired) electrons. The second-order valence-electron chi connectivity index (χ2n) is 3.44. The Balaban J connectivity index is 2.38. The van der Waals surface area contributed by atoms with Crippen LogP contribution in [0.25, 0.3) is 11.0 Å². The van der Waals surface area contributed by atoms with E-state index < -0.39 is 0 Å². The molecule has 5 heteroatoms. The fourth-order valence-corrected chi connectivity index (χ4v) is 2.30. The molecule has 2 aromatic rings. The van der Waals surface area contributed by atoms with Crippen molar-refractivity contribution in [2.24, 2.45) is 0 Å². The SMILES string of the molecule is CCOCCn1c(=S)[nH]c2ccc(Br)cc21. The number of imidazole rings is 1. The van der Waals surface area contributed by atoms with Crippen molar-refractivity contribution < 1.29 is 4.74 Å². The normalized spacial score (nSPS) is 11.1. The van der Waals surface area contributed by atoms with Crippen LogP contribution in [0, 0.1) is 4.77 Å². The van der Waals surface area contributed by atoms with Crippen LogP contribution in [0.4, 0.5) is 0 Å². The monoisotopic (exact) mass is 300 g/mol. The lowest BCUT2D eigenvalue weighted by molar-refractivity contribution is 0.139. The maximum absolute atomic E-state index is 5.35. The maximum Gasteiger partial charge on any atom is 0.178 e. The number of nitrogens with zero attached hydrogens (tertiary/aromatic N) is 1. The first kappa shape index (κ1) is 11.8. The Morgan fingerprint density at radius 3 is 3.06 bits per heavy atom. The number of benzene rings is 1. The van der Waals surface area contributed by atoms with E-state index >= 15 is 0 Å². The fraction of sp³-hybridized carbons (Fsp3) is 0.364. The van der Waals surface area contributed by atoms with E-state index in [0.29, 0.717) is 6.61 Å². The lowest BCUT2D eigenvalue weighted by Crippen LogP contribution is -2.05. The van der Waals surface area contributed by atoms with Gasteiger partial charge in [-0.3, -0.25) is 0 Å². The van der Waals surface area contributed by atoms with Crippen molar-refractivity contribution in [3.05, 3.63) is 27.4 Å². The molecule has 1 aromatic carbocycles. The molecule has 0 bridgehead atoms. The molecule has 0 saturated carbocycles. The summed E-state index contributed by atoms with van der Waals surface area (Å²) in [6.45, 7) is 4.19. The van der Waals surface area contributed by atoms with E-state index in [0.717, 1.165) is 33.4 Å². The molecule has 0 unspecified atom stereocenters. The number of nitrogens with one attached hydrogen (secondary N) is 1. The Kier molecular flexibility index (Phi) is 3.78. The van der Waals surface area contributed by atoms with Crippen molar-refractivity contribution in [3.63, 3.8) is 0 Å². The van der Waals surface area contributed by atoms with Crippen LogP contribution in [-0.2, 0) is 11.3 Å². The van der Waals surface area contributed by atoms with Gasteiger partial charge < -0.3 is 14.3 Å². The first-order valence-corrected chi connectivity index (χ1v) is 6.38. The summed E-state index contributed by atoms with van der Waals surface area (Å²) in [4.78, 5) is 3.18. The Hall–Kier alpha value is -0.650. The van der Waals surface area contributed by atoms with Crippen molar-refractivity contribution in [2.75, 3.05) is 13.2 Å². The molecule has 1 N–H and O–H groups in total. The van der Waals surface area contributed by atoms with Crippen LogP contribution in [0.3, 0.4) is 0 Å². The van der Waals surface area contributed by atoms with Gasteiger partial charge in [-0.2, -0.15) is 0 Å². The fourth-order valence-electron chi connectivity index (χ4n) is 1.65. The maximum atomic E-state index is 5.35. The highest BCUT2D eigenvalue weighted by atomic mass is 79.9. The largest absolute Gasteiger partial charge is 0.380 e. The molecule has 3 nitrogen and oxygen atoms in total. The lowest BCUT2D eigenvalue weighted by Gasteiger charge is -2.04. The van der Waals surface area contributed by atoms with E-state index in [1.54, 1.807) is 0 Å². The third-order valence-electron chi connectivity index (χ3n) is 2.40. The number of aromatic nitrogens is 2. The van der Waals surface area contributed by atoms with E-state index in [1.807, 2.05) is 19.1 Å². The van der Waals surface area contributed by atoms with E-state index in [-0.39, 0.29) is 0 Å². The van der Waals surface area contributed by atoms with E-state index in [2.05, 4.69) is 31.5 Å². The van der Waals surface area contributed by atoms with Gasteiger partial charge in [0.25, 0.3) is 0 Å². The van der Waals surface area contributed by atoms with Crippen molar-refractivity contribution in [2.45, 2.75) is 13.5 Å². The predicted molar refractivity (Wildman–Crippen MR) is 71.3 cm³/mol. The average molecular weight is 301 g/mol. The van der Waals surface area contributed by atoms with Gasteiger partial charge in [-0.15, -0.1) is 0 Å². The highest BCUT2D eigenvalue weighted by Crippen LogP contribution is 2.19. The molecule has 0 atom stereocenters. The molecular formula is C11H13BrN2OS. The summed E-state index contributed by atoms with van der Waals surface area (Å²) in [6.07, 6.45) is 0. The third kappa shape index (κ3) is 2.36. The molecule has 0 saturated heterocycles. The van der Waals surface area contributed by atoms with Crippen LogP contribution < -0.4 is 0 Å². The molecule has 1 aromatic heterocycles. The standard InChI is InChI=1S/C11H13BrN2OS/c1-2-15-6-5-14-10-7-8(12)3-4-9(10)13-11(14)16/h3-4,7H,2,5-6H2,1H3,(H,13,16). The molecule has 2 rings (SSSR count). The number of ether oxygens (including phenoxy) is 1. The van der Waals surface area contributed by atoms with Crippen LogP contribution in [0.5, 0.6) is 0 Å². The van der Waals surface area contributed by atoms with Gasteiger partial charge in [0.1, 0.15) is 0 Å². The summed E-state index contributed by atoms with van der Waals surface area (Å²) < 4.78 is 9.21. The molecule has 86 valence electrons. The minimum atomic E-state index is 0.685. The second kappa shape index (κ2) is 5.12. The number of H-pyrrole nitrogens is 1. The number of hydrogen-bond donors (Lipinski definition) is 1. The van der Waals surface area contributed by atoms with Crippen molar-refractivity contribution in [3.8, 4) is 0 Å². The highest BCUT2D eigenvalue weighted by Gasteiger charge is 2.04. The summed E-state index contributed by atoms with van der Waals surface area (Å²) in [6, 6.07) is 6.08. The van der Waals surface area contributed by atoms with Crippen LogP contribution in [0.15, 0.2) is 22.7 Å². The number of fused-ring (bicyclic) bond motifs is 1. The summed E-state index contributed by atoms with van der Waals surface area (Å²) in [7, 11) is 0. The predicted octanol–water partition coefficient (Wildman–Crippen LogP) is 3.50. The zero-order chi connectivity index (χ0) is 11.5. The molecule has 16 heavy (non-hydrogen) atoms. The quantitative estimate of drug-likeness (QED) is 0.692. The Morgan fingerprint density at radius 1 is 1.50 bits per heavy atom. The van der Waals surface area contributed by atoms with Gasteiger partial charge in [-0.1, -0.05) is 15.9 Å². The average Bonchev–Trinajstić information content (AvgIpc) is 2.56.